The quantitative estimate of drug-likeness (QED) is 0.547. The van der Waals surface area contributed by atoms with E-state index in [1.807, 2.05) is 6.92 Å². The van der Waals surface area contributed by atoms with Crippen LogP contribution in [0, 0.1) is 13.8 Å². The molecular weight excluding hydrogens is 436 g/mol. The van der Waals surface area contributed by atoms with Gasteiger partial charge in [-0.1, -0.05) is 23.5 Å². The Balaban J connectivity index is 1.47. The summed E-state index contributed by atoms with van der Waals surface area (Å²) in [7, 11) is -0.739. The fraction of sp³-hybridized carbons (Fsp3) is 0.409. The molecule has 1 saturated heterocycles. The summed E-state index contributed by atoms with van der Waals surface area (Å²) in [6.07, 6.45) is 1.12. The van der Waals surface area contributed by atoms with Crippen molar-refractivity contribution in [1.29, 1.82) is 0 Å². The van der Waals surface area contributed by atoms with Crippen molar-refractivity contribution < 1.29 is 22.6 Å². The molecule has 1 fully saturated rings. The normalized spacial score (nSPS) is 15.9. The molecule has 1 aliphatic rings. The molecule has 0 atom stereocenters. The number of hydrogen-bond donors (Lipinski definition) is 0. The Labute approximate surface area is 186 Å². The number of benzene rings is 2. The predicted octanol–water partition coefficient (Wildman–Crippen LogP) is 4.16. The molecule has 166 valence electrons. The van der Waals surface area contributed by atoms with Crippen LogP contribution in [0.3, 0.4) is 0 Å². The summed E-state index contributed by atoms with van der Waals surface area (Å²) in [4.78, 5) is 4.77. The van der Waals surface area contributed by atoms with Gasteiger partial charge < -0.3 is 14.2 Å². The molecule has 0 radical (unpaired) electrons. The number of thiazole rings is 1. The van der Waals surface area contributed by atoms with E-state index >= 15 is 0 Å². The van der Waals surface area contributed by atoms with Gasteiger partial charge in [-0.05, 0) is 49.9 Å². The van der Waals surface area contributed by atoms with Crippen LogP contribution in [0.2, 0.25) is 0 Å². The molecule has 3 aromatic rings. The van der Waals surface area contributed by atoms with E-state index in [9.17, 15) is 8.42 Å². The topological polar surface area (TPSA) is 78.0 Å². The Hall–Kier alpha value is -2.36. The van der Waals surface area contributed by atoms with Crippen LogP contribution in [-0.2, 0) is 10.0 Å². The van der Waals surface area contributed by atoms with Crippen molar-refractivity contribution in [3.63, 3.8) is 0 Å². The number of aryl methyl sites for hydroxylation is 2. The summed E-state index contributed by atoms with van der Waals surface area (Å²) < 4.78 is 45.7. The molecular formula is C22H26N2O5S2. The summed E-state index contributed by atoms with van der Waals surface area (Å²) in [6, 6.07) is 8.95. The van der Waals surface area contributed by atoms with Crippen LogP contribution in [0.1, 0.15) is 24.0 Å². The van der Waals surface area contributed by atoms with Gasteiger partial charge in [0, 0.05) is 19.2 Å². The second-order valence-electron chi connectivity index (χ2n) is 7.59. The van der Waals surface area contributed by atoms with Crippen LogP contribution in [0.25, 0.3) is 10.2 Å². The number of aromatic nitrogens is 1. The Bertz CT molecular complexity index is 1160. The fourth-order valence-electron chi connectivity index (χ4n) is 3.75. The van der Waals surface area contributed by atoms with Crippen molar-refractivity contribution in [1.82, 2.24) is 9.29 Å². The average Bonchev–Trinajstić information content (AvgIpc) is 3.21. The first-order valence-electron chi connectivity index (χ1n) is 10.1. The molecule has 0 bridgehead atoms. The first-order valence-corrected chi connectivity index (χ1v) is 12.3. The first-order chi connectivity index (χ1) is 14.8. The number of rotatable bonds is 6. The maximum atomic E-state index is 13.2. The molecule has 1 aliphatic heterocycles. The number of ether oxygens (including phenoxy) is 3. The van der Waals surface area contributed by atoms with Crippen molar-refractivity contribution in [2.75, 3.05) is 27.3 Å². The molecule has 1 aromatic heterocycles. The van der Waals surface area contributed by atoms with Crippen molar-refractivity contribution in [3.05, 3.63) is 41.5 Å². The highest BCUT2D eigenvalue weighted by Gasteiger charge is 2.33. The number of methoxy groups -OCH3 is 2. The molecule has 7 nitrogen and oxygen atoms in total. The summed E-state index contributed by atoms with van der Waals surface area (Å²) in [5.74, 6) is 0.776. The van der Waals surface area contributed by atoms with Crippen molar-refractivity contribution in [2.24, 2.45) is 0 Å². The van der Waals surface area contributed by atoms with E-state index in [2.05, 4.69) is 24.0 Å². The van der Waals surface area contributed by atoms with E-state index in [4.69, 9.17) is 14.2 Å². The first kappa shape index (κ1) is 21.9. The van der Waals surface area contributed by atoms with Gasteiger partial charge in [0.25, 0.3) is 5.19 Å². The zero-order valence-electron chi connectivity index (χ0n) is 18.0. The minimum absolute atomic E-state index is 0.0696. The molecule has 0 spiro atoms. The van der Waals surface area contributed by atoms with Gasteiger partial charge in [-0.2, -0.15) is 4.31 Å². The molecule has 9 heteroatoms. The third-order valence-electron chi connectivity index (χ3n) is 5.58. The number of piperidine rings is 1. The second-order valence-corrected chi connectivity index (χ2v) is 10.5. The summed E-state index contributed by atoms with van der Waals surface area (Å²) in [5.41, 5.74) is 3.28. The van der Waals surface area contributed by atoms with Crippen molar-refractivity contribution >= 4 is 31.6 Å². The Kier molecular flexibility index (Phi) is 6.09. The molecule has 4 rings (SSSR count). The summed E-state index contributed by atoms with van der Waals surface area (Å²) in [6.45, 7) is 4.86. The van der Waals surface area contributed by atoms with Gasteiger partial charge in [-0.15, -0.1) is 0 Å². The van der Waals surface area contributed by atoms with Crippen LogP contribution in [0.4, 0.5) is 0 Å². The smallest absolute Gasteiger partial charge is 0.274 e. The van der Waals surface area contributed by atoms with E-state index < -0.39 is 10.0 Å². The van der Waals surface area contributed by atoms with Gasteiger partial charge in [-0.25, -0.2) is 13.4 Å². The molecule has 31 heavy (non-hydrogen) atoms. The monoisotopic (exact) mass is 462 g/mol. The lowest BCUT2D eigenvalue weighted by atomic mass is 10.1. The van der Waals surface area contributed by atoms with E-state index in [-0.39, 0.29) is 11.0 Å². The molecule has 0 unspecified atom stereocenters. The standard InChI is InChI=1S/C22H26N2O5S2/c1-14-5-6-15(2)21-20(14)23-22(30-21)29-16-9-11-24(12-10-16)31(25,26)19-13-17(27-3)7-8-18(19)28-4/h5-8,13,16H,9-12H2,1-4H3. The lowest BCUT2D eigenvalue weighted by Gasteiger charge is -2.31. The Morgan fingerprint density at radius 1 is 1.03 bits per heavy atom. The molecule has 0 N–H and O–H groups in total. The minimum Gasteiger partial charge on any atom is -0.497 e. The van der Waals surface area contributed by atoms with Gasteiger partial charge >= 0.3 is 0 Å². The van der Waals surface area contributed by atoms with Gasteiger partial charge in [0.1, 0.15) is 22.5 Å². The number of hydrogen-bond acceptors (Lipinski definition) is 7. The highest BCUT2D eigenvalue weighted by atomic mass is 32.2. The predicted molar refractivity (Wildman–Crippen MR) is 121 cm³/mol. The summed E-state index contributed by atoms with van der Waals surface area (Å²) >= 11 is 1.55. The maximum absolute atomic E-state index is 13.2. The fourth-order valence-corrected chi connectivity index (χ4v) is 6.42. The van der Waals surface area contributed by atoms with Crippen LogP contribution in [0.15, 0.2) is 35.2 Å². The molecule has 0 saturated carbocycles. The van der Waals surface area contributed by atoms with E-state index in [1.165, 1.54) is 30.2 Å². The zero-order valence-corrected chi connectivity index (χ0v) is 19.7. The van der Waals surface area contributed by atoms with Crippen LogP contribution in [-0.4, -0.2) is 51.1 Å². The second kappa shape index (κ2) is 8.64. The zero-order chi connectivity index (χ0) is 22.2. The number of fused-ring (bicyclic) bond motifs is 1. The van der Waals surface area contributed by atoms with E-state index in [0.717, 1.165) is 15.8 Å². The summed E-state index contributed by atoms with van der Waals surface area (Å²) in [5, 5.41) is 0.642. The van der Waals surface area contributed by atoms with E-state index in [1.54, 1.807) is 23.5 Å². The van der Waals surface area contributed by atoms with Crippen LogP contribution in [0.5, 0.6) is 16.7 Å². The Morgan fingerprint density at radius 3 is 2.39 bits per heavy atom. The van der Waals surface area contributed by atoms with E-state index in [0.29, 0.717) is 42.6 Å². The lowest BCUT2D eigenvalue weighted by molar-refractivity contribution is 0.135. The molecule has 2 aromatic carbocycles. The SMILES string of the molecule is COc1ccc(OC)c(S(=O)(=O)N2CCC(Oc3nc4c(C)ccc(C)c4s3)CC2)c1. The van der Waals surface area contributed by atoms with Crippen molar-refractivity contribution in [2.45, 2.75) is 37.7 Å². The molecule has 0 amide bonds. The number of sulfonamides is 1. The van der Waals surface area contributed by atoms with Gasteiger partial charge in [0.05, 0.1) is 24.4 Å². The Morgan fingerprint density at radius 2 is 1.74 bits per heavy atom. The highest BCUT2D eigenvalue weighted by molar-refractivity contribution is 7.89. The minimum atomic E-state index is -3.71. The van der Waals surface area contributed by atoms with Crippen molar-refractivity contribution in [3.8, 4) is 16.7 Å². The van der Waals surface area contributed by atoms with Gasteiger partial charge in [-0.3, -0.25) is 0 Å². The molecule has 2 heterocycles. The number of nitrogens with zero attached hydrogens (tertiary/aromatic N) is 2. The highest BCUT2D eigenvalue weighted by Crippen LogP contribution is 2.35. The van der Waals surface area contributed by atoms with Crippen LogP contribution >= 0.6 is 11.3 Å². The third kappa shape index (κ3) is 4.22. The lowest BCUT2D eigenvalue weighted by Crippen LogP contribution is -2.41. The average molecular weight is 463 g/mol. The van der Waals surface area contributed by atoms with Gasteiger partial charge in [0.2, 0.25) is 10.0 Å². The maximum Gasteiger partial charge on any atom is 0.274 e. The molecule has 0 aliphatic carbocycles. The third-order valence-corrected chi connectivity index (χ3v) is 8.58. The van der Waals surface area contributed by atoms with Crippen LogP contribution < -0.4 is 14.2 Å². The van der Waals surface area contributed by atoms with Gasteiger partial charge in [0.15, 0.2) is 0 Å². The largest absolute Gasteiger partial charge is 0.497 e.